The van der Waals surface area contributed by atoms with E-state index in [-0.39, 0.29) is 0 Å². The second kappa shape index (κ2) is 4.59. The Morgan fingerprint density at radius 1 is 1.37 bits per heavy atom. The van der Waals surface area contributed by atoms with Crippen molar-refractivity contribution in [2.45, 2.75) is 13.0 Å². The van der Waals surface area contributed by atoms with Crippen molar-refractivity contribution in [1.82, 2.24) is 19.1 Å². The number of halogens is 1. The van der Waals surface area contributed by atoms with Crippen LogP contribution < -0.4 is 5.73 Å². The SMILES string of the molecule is Cn1ccnc1CCn1c(N)nc2ccc(Cl)cc21. The van der Waals surface area contributed by atoms with Gasteiger partial charge in [0.25, 0.3) is 0 Å². The van der Waals surface area contributed by atoms with E-state index < -0.39 is 0 Å². The molecule has 5 nitrogen and oxygen atoms in total. The van der Waals surface area contributed by atoms with Gasteiger partial charge >= 0.3 is 0 Å². The minimum Gasteiger partial charge on any atom is -0.369 e. The lowest BCUT2D eigenvalue weighted by Gasteiger charge is -2.06. The monoisotopic (exact) mass is 275 g/mol. The zero-order valence-corrected chi connectivity index (χ0v) is 11.3. The summed E-state index contributed by atoms with van der Waals surface area (Å²) in [7, 11) is 1.98. The van der Waals surface area contributed by atoms with Crippen LogP contribution in [-0.4, -0.2) is 19.1 Å². The molecule has 0 aliphatic heterocycles. The number of imidazole rings is 2. The largest absolute Gasteiger partial charge is 0.369 e. The van der Waals surface area contributed by atoms with Crippen molar-refractivity contribution >= 4 is 28.6 Å². The Hall–Kier alpha value is -2.01. The molecular weight excluding hydrogens is 262 g/mol. The molecule has 3 rings (SSSR count). The molecule has 1 aromatic carbocycles. The normalized spacial score (nSPS) is 11.3. The third-order valence-electron chi connectivity index (χ3n) is 3.22. The van der Waals surface area contributed by atoms with Crippen LogP contribution in [0.5, 0.6) is 0 Å². The van der Waals surface area contributed by atoms with Crippen molar-refractivity contribution in [3.05, 3.63) is 41.4 Å². The minimum absolute atomic E-state index is 0.506. The third kappa shape index (κ3) is 2.17. The van der Waals surface area contributed by atoms with E-state index in [1.807, 2.05) is 40.6 Å². The molecule has 0 saturated heterocycles. The maximum absolute atomic E-state index is 6.03. The Morgan fingerprint density at radius 3 is 2.95 bits per heavy atom. The molecule has 0 aliphatic rings. The van der Waals surface area contributed by atoms with E-state index in [4.69, 9.17) is 17.3 Å². The van der Waals surface area contributed by atoms with Gasteiger partial charge in [0.1, 0.15) is 5.82 Å². The Balaban J connectivity index is 1.94. The summed E-state index contributed by atoms with van der Waals surface area (Å²) in [6.07, 6.45) is 4.52. The maximum Gasteiger partial charge on any atom is 0.201 e. The van der Waals surface area contributed by atoms with Crippen LogP contribution in [-0.2, 0) is 20.0 Å². The topological polar surface area (TPSA) is 61.7 Å². The molecule has 0 aliphatic carbocycles. The van der Waals surface area contributed by atoms with E-state index in [1.165, 1.54) is 0 Å². The number of rotatable bonds is 3. The van der Waals surface area contributed by atoms with E-state index in [2.05, 4.69) is 9.97 Å². The van der Waals surface area contributed by atoms with Crippen LogP contribution in [0.25, 0.3) is 11.0 Å². The van der Waals surface area contributed by atoms with Crippen molar-refractivity contribution in [1.29, 1.82) is 0 Å². The fraction of sp³-hybridized carbons (Fsp3) is 0.231. The van der Waals surface area contributed by atoms with Gasteiger partial charge in [-0.1, -0.05) is 11.6 Å². The smallest absolute Gasteiger partial charge is 0.201 e. The molecule has 0 radical (unpaired) electrons. The van der Waals surface area contributed by atoms with Crippen LogP contribution in [0.4, 0.5) is 5.95 Å². The number of fused-ring (bicyclic) bond motifs is 1. The van der Waals surface area contributed by atoms with Crippen LogP contribution in [0.1, 0.15) is 5.82 Å². The second-order valence-corrected chi connectivity index (χ2v) is 4.90. The van der Waals surface area contributed by atoms with Gasteiger partial charge in [-0.15, -0.1) is 0 Å². The fourth-order valence-electron chi connectivity index (χ4n) is 2.20. The molecule has 0 unspecified atom stereocenters. The molecular formula is C13H14ClN5. The summed E-state index contributed by atoms with van der Waals surface area (Å²) in [5, 5.41) is 0.686. The number of nitrogen functional groups attached to an aromatic ring is 1. The summed E-state index contributed by atoms with van der Waals surface area (Å²) >= 11 is 6.03. The van der Waals surface area contributed by atoms with Crippen LogP contribution in [0.2, 0.25) is 5.02 Å². The lowest BCUT2D eigenvalue weighted by molar-refractivity contribution is 0.670. The molecule has 0 bridgehead atoms. The van der Waals surface area contributed by atoms with Crippen LogP contribution in [0.3, 0.4) is 0 Å². The summed E-state index contributed by atoms with van der Waals surface area (Å²) in [4.78, 5) is 8.64. The van der Waals surface area contributed by atoms with Crippen molar-refractivity contribution in [3.8, 4) is 0 Å². The third-order valence-corrected chi connectivity index (χ3v) is 3.45. The molecule has 2 heterocycles. The predicted molar refractivity (Wildman–Crippen MR) is 76.1 cm³/mol. The Kier molecular flexibility index (Phi) is 2.91. The molecule has 2 N–H and O–H groups in total. The number of nitrogens with two attached hydrogens (primary N) is 1. The summed E-state index contributed by atoms with van der Waals surface area (Å²) in [5.74, 6) is 1.52. The molecule has 19 heavy (non-hydrogen) atoms. The van der Waals surface area contributed by atoms with E-state index in [0.717, 1.165) is 29.8 Å². The van der Waals surface area contributed by atoms with Gasteiger partial charge in [-0.2, -0.15) is 0 Å². The number of nitrogens with zero attached hydrogens (tertiary/aromatic N) is 4. The highest BCUT2D eigenvalue weighted by Gasteiger charge is 2.09. The summed E-state index contributed by atoms with van der Waals surface area (Å²) in [6.45, 7) is 0.730. The number of hydrogen-bond donors (Lipinski definition) is 1. The molecule has 0 atom stereocenters. The first-order valence-corrected chi connectivity index (χ1v) is 6.40. The highest BCUT2D eigenvalue weighted by atomic mass is 35.5. The summed E-state index contributed by atoms with van der Waals surface area (Å²) in [6, 6.07) is 5.59. The highest BCUT2D eigenvalue weighted by molar-refractivity contribution is 6.31. The molecule has 0 spiro atoms. The van der Waals surface area contributed by atoms with Gasteiger partial charge in [0.05, 0.1) is 11.0 Å². The van der Waals surface area contributed by atoms with Crippen LogP contribution >= 0.6 is 11.6 Å². The van der Waals surface area contributed by atoms with Gasteiger partial charge < -0.3 is 14.9 Å². The minimum atomic E-state index is 0.506. The Morgan fingerprint density at radius 2 is 2.21 bits per heavy atom. The van der Waals surface area contributed by atoms with E-state index in [0.29, 0.717) is 11.0 Å². The molecule has 0 saturated carbocycles. The Labute approximate surface area is 115 Å². The summed E-state index contributed by atoms with van der Waals surface area (Å²) < 4.78 is 3.97. The summed E-state index contributed by atoms with van der Waals surface area (Å²) in [5.41, 5.74) is 7.78. The second-order valence-electron chi connectivity index (χ2n) is 4.46. The van der Waals surface area contributed by atoms with Gasteiger partial charge in [-0.25, -0.2) is 9.97 Å². The van der Waals surface area contributed by atoms with E-state index in [1.54, 1.807) is 6.20 Å². The number of aryl methyl sites for hydroxylation is 3. The first-order valence-electron chi connectivity index (χ1n) is 6.02. The zero-order chi connectivity index (χ0) is 13.4. The molecule has 2 aromatic heterocycles. The number of benzene rings is 1. The van der Waals surface area contributed by atoms with Crippen LogP contribution in [0.15, 0.2) is 30.6 Å². The van der Waals surface area contributed by atoms with Gasteiger partial charge in [-0.3, -0.25) is 0 Å². The standard InChI is InChI=1S/C13H14ClN5/c1-18-7-5-16-12(18)4-6-19-11-8-9(14)2-3-10(11)17-13(19)15/h2-3,5,7-8H,4,6H2,1H3,(H2,15,17). The van der Waals surface area contributed by atoms with E-state index >= 15 is 0 Å². The van der Waals surface area contributed by atoms with Gasteiger partial charge in [0, 0.05) is 37.4 Å². The predicted octanol–water partition coefficient (Wildman–Crippen LogP) is 2.25. The zero-order valence-electron chi connectivity index (χ0n) is 10.5. The lowest BCUT2D eigenvalue weighted by atomic mass is 10.3. The highest BCUT2D eigenvalue weighted by Crippen LogP contribution is 2.22. The average Bonchev–Trinajstić information content (AvgIpc) is 2.90. The first-order chi connectivity index (χ1) is 9.15. The molecule has 98 valence electrons. The van der Waals surface area contributed by atoms with Crippen molar-refractivity contribution in [3.63, 3.8) is 0 Å². The van der Waals surface area contributed by atoms with Gasteiger partial charge in [-0.05, 0) is 18.2 Å². The average molecular weight is 276 g/mol. The fourth-order valence-corrected chi connectivity index (χ4v) is 2.37. The lowest BCUT2D eigenvalue weighted by Crippen LogP contribution is -2.08. The number of aromatic nitrogens is 4. The van der Waals surface area contributed by atoms with Gasteiger partial charge in [0.15, 0.2) is 0 Å². The maximum atomic E-state index is 6.03. The molecule has 6 heteroatoms. The Bertz CT molecular complexity index is 728. The van der Waals surface area contributed by atoms with Crippen LogP contribution in [0, 0.1) is 0 Å². The number of anilines is 1. The molecule has 3 aromatic rings. The van der Waals surface area contributed by atoms with Crippen molar-refractivity contribution < 1.29 is 0 Å². The quantitative estimate of drug-likeness (QED) is 0.797. The van der Waals surface area contributed by atoms with Crippen molar-refractivity contribution in [2.75, 3.05) is 5.73 Å². The molecule has 0 fully saturated rings. The molecule has 0 amide bonds. The number of hydrogen-bond acceptors (Lipinski definition) is 3. The van der Waals surface area contributed by atoms with Gasteiger partial charge in [0.2, 0.25) is 5.95 Å². The van der Waals surface area contributed by atoms with E-state index in [9.17, 15) is 0 Å². The first kappa shape index (κ1) is 12.0. The van der Waals surface area contributed by atoms with Crippen molar-refractivity contribution in [2.24, 2.45) is 7.05 Å².